The zero-order valence-electron chi connectivity index (χ0n) is 26.0. The number of urea groups is 1. The number of methoxy groups -OCH3 is 2. The molecule has 0 radical (unpaired) electrons. The Morgan fingerprint density at radius 1 is 1.04 bits per heavy atom. The van der Waals surface area contributed by atoms with Gasteiger partial charge in [0.1, 0.15) is 23.4 Å². The number of likely N-dealkylation sites (N-methyl/N-ethyl adjacent to an activating group) is 1. The maximum Gasteiger partial charge on any atom is 0.321 e. The predicted octanol–water partition coefficient (Wildman–Crippen LogP) is 3.82. The minimum absolute atomic E-state index is 0.0481. The number of hydrogen-bond acceptors (Lipinski definition) is 8. The molecule has 0 unspecified atom stereocenters. The molecule has 3 aromatic rings. The number of rotatable bonds is 10. The maximum atomic E-state index is 13.5. The van der Waals surface area contributed by atoms with E-state index in [1.165, 1.54) is 24.1 Å². The molecule has 1 aliphatic rings. The number of nitrogens with zero attached hydrogens (tertiary/aromatic N) is 2. The number of anilines is 2. The van der Waals surface area contributed by atoms with Gasteiger partial charge in [0.25, 0.3) is 10.0 Å². The Kier molecular flexibility index (Phi) is 10.8. The van der Waals surface area contributed by atoms with Crippen molar-refractivity contribution in [3.8, 4) is 17.2 Å². The van der Waals surface area contributed by atoms with Crippen molar-refractivity contribution in [2.24, 2.45) is 5.92 Å². The molecule has 45 heavy (non-hydrogen) atoms. The summed E-state index contributed by atoms with van der Waals surface area (Å²) < 4.78 is 45.5. The number of aliphatic hydroxyl groups excluding tert-OH is 1. The van der Waals surface area contributed by atoms with Crippen molar-refractivity contribution in [3.05, 3.63) is 72.3 Å². The van der Waals surface area contributed by atoms with Crippen LogP contribution in [0.1, 0.15) is 19.4 Å². The largest absolute Gasteiger partial charge is 0.497 e. The third-order valence-electron chi connectivity index (χ3n) is 7.68. The van der Waals surface area contributed by atoms with Gasteiger partial charge in [0.15, 0.2) is 0 Å². The average Bonchev–Trinajstić information content (AvgIpc) is 3.08. The van der Waals surface area contributed by atoms with Crippen molar-refractivity contribution in [3.63, 3.8) is 0 Å². The van der Waals surface area contributed by atoms with Gasteiger partial charge >= 0.3 is 6.03 Å². The molecular weight excluding hydrogens is 600 g/mol. The first-order valence-electron chi connectivity index (χ1n) is 14.5. The fraction of sp³-hybridized carbons (Fsp3) is 0.375. The number of ether oxygens (including phenoxy) is 3. The predicted molar refractivity (Wildman–Crippen MR) is 170 cm³/mol. The molecule has 12 nitrogen and oxygen atoms in total. The lowest BCUT2D eigenvalue weighted by Gasteiger charge is -2.34. The zero-order valence-corrected chi connectivity index (χ0v) is 26.8. The Labute approximate surface area is 263 Å². The standard InChI is InChI=1S/C32H40N4O8S/c1-21-18-36(22(2)20-37)31(38)17-23-16-25(34-45(40,41)28-13-11-27(43-5)12-14-28)8-15-29(23)44-30(21)19-35(3)32(39)33-24-6-9-26(42-4)10-7-24/h6-16,21-22,30,34,37H,17-20H2,1-5H3,(H,33,39)/t21-,22+,30+/m0/s1. The van der Waals surface area contributed by atoms with E-state index < -0.39 is 22.2 Å². The lowest BCUT2D eigenvalue weighted by atomic mass is 10.0. The number of benzene rings is 3. The summed E-state index contributed by atoms with van der Waals surface area (Å²) >= 11 is 0. The van der Waals surface area contributed by atoms with Crippen LogP contribution in [0, 0.1) is 5.92 Å². The normalized spacial score (nSPS) is 17.5. The number of amides is 3. The highest BCUT2D eigenvalue weighted by molar-refractivity contribution is 7.92. The first-order valence-corrected chi connectivity index (χ1v) is 15.9. The molecule has 13 heteroatoms. The van der Waals surface area contributed by atoms with Crippen LogP contribution >= 0.6 is 0 Å². The average molecular weight is 641 g/mol. The van der Waals surface area contributed by atoms with E-state index in [0.29, 0.717) is 28.5 Å². The summed E-state index contributed by atoms with van der Waals surface area (Å²) in [5.41, 5.74) is 1.32. The van der Waals surface area contributed by atoms with Gasteiger partial charge in [-0.15, -0.1) is 0 Å². The van der Waals surface area contributed by atoms with Crippen LogP contribution in [0.4, 0.5) is 16.2 Å². The molecule has 0 fully saturated rings. The van der Waals surface area contributed by atoms with Gasteiger partial charge in [0.2, 0.25) is 5.91 Å². The summed E-state index contributed by atoms with van der Waals surface area (Å²) in [5.74, 6) is 1.11. The van der Waals surface area contributed by atoms with Gasteiger partial charge in [0.05, 0.1) is 44.7 Å². The second-order valence-corrected chi connectivity index (χ2v) is 12.7. The highest BCUT2D eigenvalue weighted by Gasteiger charge is 2.32. The summed E-state index contributed by atoms with van der Waals surface area (Å²) in [6.07, 6.45) is -0.623. The molecular formula is C32H40N4O8S. The molecule has 0 aromatic heterocycles. The number of sulfonamides is 1. The topological polar surface area (TPSA) is 147 Å². The molecule has 242 valence electrons. The maximum absolute atomic E-state index is 13.5. The smallest absolute Gasteiger partial charge is 0.321 e. The molecule has 0 saturated carbocycles. The third kappa shape index (κ3) is 8.37. The van der Waals surface area contributed by atoms with Crippen molar-refractivity contribution < 1.29 is 37.3 Å². The van der Waals surface area contributed by atoms with Gasteiger partial charge in [-0.25, -0.2) is 13.2 Å². The lowest BCUT2D eigenvalue weighted by molar-refractivity contribution is -0.134. The van der Waals surface area contributed by atoms with Crippen LogP contribution in [-0.2, 0) is 21.2 Å². The van der Waals surface area contributed by atoms with E-state index in [2.05, 4.69) is 10.0 Å². The second-order valence-electron chi connectivity index (χ2n) is 11.0. The molecule has 0 saturated heterocycles. The van der Waals surface area contributed by atoms with E-state index in [-0.39, 0.29) is 54.6 Å². The van der Waals surface area contributed by atoms with E-state index in [0.717, 1.165) is 0 Å². The van der Waals surface area contributed by atoms with E-state index in [9.17, 15) is 23.1 Å². The van der Waals surface area contributed by atoms with Crippen LogP contribution in [-0.4, -0.2) is 88.4 Å². The zero-order chi connectivity index (χ0) is 32.7. The van der Waals surface area contributed by atoms with Crippen LogP contribution in [0.5, 0.6) is 17.2 Å². The van der Waals surface area contributed by atoms with Crippen LogP contribution in [0.15, 0.2) is 71.6 Å². The van der Waals surface area contributed by atoms with Crippen LogP contribution in [0.25, 0.3) is 0 Å². The quantitative estimate of drug-likeness (QED) is 0.303. The fourth-order valence-corrected chi connectivity index (χ4v) is 5.98. The second kappa shape index (κ2) is 14.5. The fourth-order valence-electron chi connectivity index (χ4n) is 4.93. The van der Waals surface area contributed by atoms with E-state index in [1.54, 1.807) is 80.6 Å². The Morgan fingerprint density at radius 2 is 1.64 bits per heavy atom. The SMILES string of the molecule is COc1ccc(NC(=O)N(C)C[C@H]2Oc3ccc(NS(=O)(=O)c4ccc(OC)cc4)cc3CC(=O)N([C@H](C)CO)C[C@@H]2C)cc1. The Hall–Kier alpha value is -4.49. The molecule has 0 bridgehead atoms. The molecule has 3 aromatic carbocycles. The molecule has 3 atom stereocenters. The van der Waals surface area contributed by atoms with Gasteiger partial charge in [0, 0.05) is 36.4 Å². The number of carbonyl (C=O) groups excluding carboxylic acids is 2. The summed E-state index contributed by atoms with van der Waals surface area (Å²) in [6.45, 7) is 3.91. The first-order chi connectivity index (χ1) is 21.4. The van der Waals surface area contributed by atoms with Gasteiger partial charge in [-0.3, -0.25) is 9.52 Å². The van der Waals surface area contributed by atoms with Crippen LogP contribution in [0.2, 0.25) is 0 Å². The van der Waals surface area contributed by atoms with Gasteiger partial charge < -0.3 is 34.4 Å². The number of fused-ring (bicyclic) bond motifs is 1. The van der Waals surface area contributed by atoms with Gasteiger partial charge in [-0.2, -0.15) is 0 Å². The van der Waals surface area contributed by atoms with Crippen LogP contribution < -0.4 is 24.2 Å². The Bertz CT molecular complexity index is 1580. The number of carbonyl (C=O) groups is 2. The molecule has 0 aliphatic carbocycles. The molecule has 3 amide bonds. The number of hydrogen-bond donors (Lipinski definition) is 3. The molecule has 0 spiro atoms. The summed E-state index contributed by atoms with van der Waals surface area (Å²) in [7, 11) is 0.773. The minimum atomic E-state index is -3.94. The molecule has 3 N–H and O–H groups in total. The molecule has 1 aliphatic heterocycles. The van der Waals surface area contributed by atoms with Crippen LogP contribution in [0.3, 0.4) is 0 Å². The number of aliphatic hydroxyl groups is 1. The monoisotopic (exact) mass is 640 g/mol. The van der Waals surface area contributed by atoms with E-state index >= 15 is 0 Å². The minimum Gasteiger partial charge on any atom is -0.497 e. The van der Waals surface area contributed by atoms with Gasteiger partial charge in [-0.1, -0.05) is 6.92 Å². The van der Waals surface area contributed by atoms with Gasteiger partial charge in [-0.05, 0) is 73.7 Å². The third-order valence-corrected chi connectivity index (χ3v) is 9.08. The van der Waals surface area contributed by atoms with E-state index in [1.807, 2.05) is 6.92 Å². The van der Waals surface area contributed by atoms with Crippen molar-refractivity contribution in [2.45, 2.75) is 37.3 Å². The summed E-state index contributed by atoms with van der Waals surface area (Å²) in [6, 6.07) is 16.9. The summed E-state index contributed by atoms with van der Waals surface area (Å²) in [4.78, 5) is 29.7. The highest BCUT2D eigenvalue weighted by Crippen LogP contribution is 2.30. The number of nitrogens with one attached hydrogen (secondary N) is 2. The van der Waals surface area contributed by atoms with E-state index in [4.69, 9.17) is 14.2 Å². The molecule has 4 rings (SSSR count). The van der Waals surface area contributed by atoms with Crippen molar-refractivity contribution in [1.29, 1.82) is 0 Å². The van der Waals surface area contributed by atoms with Crippen molar-refractivity contribution in [2.75, 3.05) is 51.0 Å². The van der Waals surface area contributed by atoms with Crippen molar-refractivity contribution in [1.82, 2.24) is 9.80 Å². The summed E-state index contributed by atoms with van der Waals surface area (Å²) in [5, 5.41) is 12.8. The highest BCUT2D eigenvalue weighted by atomic mass is 32.2. The first kappa shape index (κ1) is 33.4. The van der Waals surface area contributed by atoms with Crippen molar-refractivity contribution >= 4 is 33.3 Å². The lowest BCUT2D eigenvalue weighted by Crippen LogP contribution is -2.48. The Balaban J connectivity index is 1.59. The Morgan fingerprint density at radius 3 is 2.24 bits per heavy atom. The molecule has 1 heterocycles.